The average molecular weight is 485 g/mol. The summed E-state index contributed by atoms with van der Waals surface area (Å²) in [6.07, 6.45) is 1.74. The number of carbonyl (C=O) groups is 3. The number of ether oxygens (including phenoxy) is 1. The molecule has 1 aromatic carbocycles. The standard InChI is InChI=1S/C22H26Cl2N2O4S/c1-5-6-15(17-8-7-16(23)9-18(17)24)10-25-19(28)11-30-22(29)20-12(2)13(3)31-21(20)26-14(4)27/h7-9,15H,5-6,10-11H2,1-4H3,(H,25,28)(H,26,27)/t15-/m1/s1. The van der Waals surface area contributed by atoms with Crippen LogP contribution in [0, 0.1) is 13.8 Å². The third kappa shape index (κ3) is 6.95. The second-order valence-corrected chi connectivity index (χ2v) is 9.27. The molecule has 168 valence electrons. The van der Waals surface area contributed by atoms with E-state index in [-0.39, 0.29) is 17.4 Å². The Bertz CT molecular complexity index is 975. The normalized spacial score (nSPS) is 11.7. The van der Waals surface area contributed by atoms with Gasteiger partial charge in [0.15, 0.2) is 6.61 Å². The van der Waals surface area contributed by atoms with Gasteiger partial charge in [-0.2, -0.15) is 0 Å². The van der Waals surface area contributed by atoms with E-state index in [1.165, 1.54) is 18.3 Å². The molecule has 0 aliphatic carbocycles. The van der Waals surface area contributed by atoms with Gasteiger partial charge in [0.1, 0.15) is 5.00 Å². The van der Waals surface area contributed by atoms with Crippen molar-refractivity contribution < 1.29 is 19.1 Å². The van der Waals surface area contributed by atoms with Crippen LogP contribution >= 0.6 is 34.5 Å². The smallest absolute Gasteiger partial charge is 0.341 e. The highest BCUT2D eigenvalue weighted by Gasteiger charge is 2.23. The van der Waals surface area contributed by atoms with Crippen molar-refractivity contribution in [1.29, 1.82) is 0 Å². The van der Waals surface area contributed by atoms with Crippen LogP contribution in [0.5, 0.6) is 0 Å². The monoisotopic (exact) mass is 484 g/mol. The maximum Gasteiger partial charge on any atom is 0.341 e. The molecule has 1 heterocycles. The summed E-state index contributed by atoms with van der Waals surface area (Å²) in [4.78, 5) is 37.1. The first-order valence-electron chi connectivity index (χ1n) is 9.90. The van der Waals surface area contributed by atoms with Crippen molar-refractivity contribution in [1.82, 2.24) is 5.32 Å². The molecule has 0 bridgehead atoms. The minimum absolute atomic E-state index is 0.0163. The van der Waals surface area contributed by atoms with Gasteiger partial charge in [0.25, 0.3) is 5.91 Å². The van der Waals surface area contributed by atoms with Crippen LogP contribution in [0.25, 0.3) is 0 Å². The fourth-order valence-corrected chi connectivity index (χ4v) is 4.82. The van der Waals surface area contributed by atoms with Crippen molar-refractivity contribution in [3.63, 3.8) is 0 Å². The molecule has 2 amide bonds. The molecule has 0 aliphatic rings. The molecule has 0 spiro atoms. The number of carbonyl (C=O) groups excluding carboxylic acids is 3. The van der Waals surface area contributed by atoms with Gasteiger partial charge in [0.05, 0.1) is 5.56 Å². The number of benzene rings is 1. The average Bonchev–Trinajstić information content (AvgIpc) is 2.96. The van der Waals surface area contributed by atoms with Crippen LogP contribution in [0.3, 0.4) is 0 Å². The number of thiophene rings is 1. The molecule has 31 heavy (non-hydrogen) atoms. The van der Waals surface area contributed by atoms with Crippen molar-refractivity contribution in [2.24, 2.45) is 0 Å². The quantitative estimate of drug-likeness (QED) is 0.461. The number of anilines is 1. The molecule has 0 unspecified atom stereocenters. The van der Waals surface area contributed by atoms with Crippen molar-refractivity contribution in [3.8, 4) is 0 Å². The zero-order valence-electron chi connectivity index (χ0n) is 17.9. The Balaban J connectivity index is 1.98. The predicted molar refractivity (Wildman–Crippen MR) is 125 cm³/mol. The summed E-state index contributed by atoms with van der Waals surface area (Å²) in [7, 11) is 0. The van der Waals surface area contributed by atoms with Crippen LogP contribution in [-0.4, -0.2) is 30.9 Å². The number of aryl methyl sites for hydroxylation is 1. The van der Waals surface area contributed by atoms with Gasteiger partial charge in [0, 0.05) is 34.3 Å². The largest absolute Gasteiger partial charge is 0.452 e. The highest BCUT2D eigenvalue weighted by atomic mass is 35.5. The first-order valence-corrected chi connectivity index (χ1v) is 11.5. The molecule has 6 nitrogen and oxygen atoms in total. The highest BCUT2D eigenvalue weighted by molar-refractivity contribution is 7.16. The lowest BCUT2D eigenvalue weighted by Gasteiger charge is -2.19. The van der Waals surface area contributed by atoms with E-state index in [0.717, 1.165) is 28.8 Å². The summed E-state index contributed by atoms with van der Waals surface area (Å²) >= 11 is 13.6. The Morgan fingerprint density at radius 2 is 1.90 bits per heavy atom. The summed E-state index contributed by atoms with van der Waals surface area (Å²) in [6, 6.07) is 5.32. The molecule has 1 aromatic heterocycles. The van der Waals surface area contributed by atoms with Gasteiger partial charge >= 0.3 is 5.97 Å². The number of halogens is 2. The molecule has 2 aromatic rings. The molecule has 0 saturated heterocycles. The van der Waals surface area contributed by atoms with Crippen LogP contribution < -0.4 is 10.6 Å². The van der Waals surface area contributed by atoms with Gasteiger partial charge in [0.2, 0.25) is 5.91 Å². The maximum absolute atomic E-state index is 12.5. The fourth-order valence-electron chi connectivity index (χ4n) is 3.16. The molecule has 0 saturated carbocycles. The second kappa shape index (κ2) is 11.5. The minimum atomic E-state index is -0.647. The van der Waals surface area contributed by atoms with Gasteiger partial charge < -0.3 is 15.4 Å². The molecule has 9 heteroatoms. The third-order valence-electron chi connectivity index (χ3n) is 4.80. The molecule has 1 atom stereocenters. The summed E-state index contributed by atoms with van der Waals surface area (Å²) in [5.74, 6) is -1.32. The molecular weight excluding hydrogens is 459 g/mol. The lowest BCUT2D eigenvalue weighted by molar-refractivity contribution is -0.124. The van der Waals surface area contributed by atoms with E-state index in [1.54, 1.807) is 19.1 Å². The number of esters is 1. The van der Waals surface area contributed by atoms with Crippen molar-refractivity contribution in [2.45, 2.75) is 46.5 Å². The van der Waals surface area contributed by atoms with Crippen LogP contribution in [0.1, 0.15) is 59.0 Å². The summed E-state index contributed by atoms with van der Waals surface area (Å²) in [5, 5.41) is 6.98. The van der Waals surface area contributed by atoms with E-state index in [2.05, 4.69) is 17.6 Å². The molecule has 0 aliphatic heterocycles. The van der Waals surface area contributed by atoms with Crippen LogP contribution in [0.2, 0.25) is 10.0 Å². The Hall–Kier alpha value is -2.09. The predicted octanol–water partition coefficient (Wildman–Crippen LogP) is 5.49. The molecule has 0 radical (unpaired) electrons. The van der Waals surface area contributed by atoms with E-state index in [4.69, 9.17) is 27.9 Å². The Labute approximate surface area is 196 Å². The Morgan fingerprint density at radius 3 is 2.52 bits per heavy atom. The van der Waals surface area contributed by atoms with Crippen molar-refractivity contribution >= 4 is 57.3 Å². The second-order valence-electron chi connectivity index (χ2n) is 7.20. The Kier molecular flexibility index (Phi) is 9.34. The topological polar surface area (TPSA) is 84.5 Å². The van der Waals surface area contributed by atoms with E-state index >= 15 is 0 Å². The number of nitrogens with one attached hydrogen (secondary N) is 2. The lowest BCUT2D eigenvalue weighted by atomic mass is 9.94. The number of hydrogen-bond donors (Lipinski definition) is 2. The molecule has 2 N–H and O–H groups in total. The zero-order valence-corrected chi connectivity index (χ0v) is 20.3. The van der Waals surface area contributed by atoms with Gasteiger partial charge in [-0.1, -0.05) is 42.6 Å². The SMILES string of the molecule is CCC[C@H](CNC(=O)COC(=O)c1c(NC(C)=O)sc(C)c1C)c1ccc(Cl)cc1Cl. The minimum Gasteiger partial charge on any atom is -0.452 e. The summed E-state index contributed by atoms with van der Waals surface area (Å²) in [5.41, 5.74) is 1.91. The number of rotatable bonds is 9. The van der Waals surface area contributed by atoms with Gasteiger partial charge in [-0.25, -0.2) is 4.79 Å². The van der Waals surface area contributed by atoms with Crippen LogP contribution in [0.4, 0.5) is 5.00 Å². The van der Waals surface area contributed by atoms with Crippen molar-refractivity contribution in [2.75, 3.05) is 18.5 Å². The maximum atomic E-state index is 12.5. The van der Waals surface area contributed by atoms with Crippen LogP contribution in [0.15, 0.2) is 18.2 Å². The summed E-state index contributed by atoms with van der Waals surface area (Å²) in [6.45, 7) is 6.99. The first kappa shape index (κ1) is 25.2. The van der Waals surface area contributed by atoms with Gasteiger partial charge in [-0.15, -0.1) is 11.3 Å². The van der Waals surface area contributed by atoms with E-state index in [1.807, 2.05) is 13.0 Å². The molecular formula is C22H26Cl2N2O4S. The lowest BCUT2D eigenvalue weighted by Crippen LogP contribution is -2.32. The zero-order chi connectivity index (χ0) is 23.1. The van der Waals surface area contributed by atoms with Gasteiger partial charge in [-0.05, 0) is 43.5 Å². The van der Waals surface area contributed by atoms with Crippen LogP contribution in [-0.2, 0) is 14.3 Å². The number of amides is 2. The van der Waals surface area contributed by atoms with E-state index in [0.29, 0.717) is 21.6 Å². The first-order chi connectivity index (χ1) is 14.6. The van der Waals surface area contributed by atoms with E-state index in [9.17, 15) is 14.4 Å². The summed E-state index contributed by atoms with van der Waals surface area (Å²) < 4.78 is 5.20. The fraction of sp³-hybridized carbons (Fsp3) is 0.409. The molecule has 2 rings (SSSR count). The highest BCUT2D eigenvalue weighted by Crippen LogP contribution is 2.33. The van der Waals surface area contributed by atoms with Crippen molar-refractivity contribution in [3.05, 3.63) is 49.8 Å². The molecule has 0 fully saturated rings. The van der Waals surface area contributed by atoms with E-state index < -0.39 is 18.5 Å². The van der Waals surface area contributed by atoms with Gasteiger partial charge in [-0.3, -0.25) is 9.59 Å². The Morgan fingerprint density at radius 1 is 1.19 bits per heavy atom. The number of hydrogen-bond acceptors (Lipinski definition) is 5. The third-order valence-corrected chi connectivity index (χ3v) is 6.48.